The summed E-state index contributed by atoms with van der Waals surface area (Å²) in [6.45, 7) is 0.396. The van der Waals surface area contributed by atoms with Gasteiger partial charge in [-0.2, -0.15) is 12.6 Å². The summed E-state index contributed by atoms with van der Waals surface area (Å²) in [5, 5.41) is 18.0. The summed E-state index contributed by atoms with van der Waals surface area (Å²) in [4.78, 5) is 0. The largest absolute Gasteiger partial charge is 0.504 e. The Morgan fingerprint density at radius 2 is 1.92 bits per heavy atom. The number of hydrogen-bond acceptors (Lipinski definition) is 4. The van der Waals surface area contributed by atoms with Gasteiger partial charge in [-0.15, -0.1) is 12.4 Å². The molecule has 0 aliphatic rings. The quantitative estimate of drug-likeness (QED) is 0.452. The van der Waals surface area contributed by atoms with Crippen molar-refractivity contribution in [2.24, 2.45) is 5.73 Å². The molecule has 1 atom stereocenters. The van der Waals surface area contributed by atoms with Gasteiger partial charge in [-0.3, -0.25) is 0 Å². The van der Waals surface area contributed by atoms with Crippen LogP contribution in [-0.4, -0.2) is 16.8 Å². The highest BCUT2D eigenvalue weighted by molar-refractivity contribution is 7.80. The summed E-state index contributed by atoms with van der Waals surface area (Å²) < 4.78 is 0. The smallest absolute Gasteiger partial charge is 0.157 e. The predicted molar refractivity (Wildman–Crippen MR) is 57.8 cm³/mol. The van der Waals surface area contributed by atoms with E-state index in [1.165, 1.54) is 12.1 Å². The third-order valence-corrected chi connectivity index (χ3v) is 2.12. The van der Waals surface area contributed by atoms with Crippen LogP contribution in [0.2, 0.25) is 0 Å². The molecule has 0 aliphatic heterocycles. The molecule has 1 aromatic rings. The van der Waals surface area contributed by atoms with Gasteiger partial charge in [-0.25, -0.2) is 0 Å². The van der Waals surface area contributed by atoms with Crippen LogP contribution in [0.15, 0.2) is 18.2 Å². The van der Waals surface area contributed by atoms with Gasteiger partial charge in [-0.05, 0) is 17.7 Å². The van der Waals surface area contributed by atoms with Crippen molar-refractivity contribution >= 4 is 25.0 Å². The minimum absolute atomic E-state index is 0. The number of phenols is 2. The van der Waals surface area contributed by atoms with Crippen molar-refractivity contribution in [3.8, 4) is 11.5 Å². The summed E-state index contributed by atoms with van der Waals surface area (Å²) in [5.41, 5.74) is 6.17. The van der Waals surface area contributed by atoms with Gasteiger partial charge in [0.1, 0.15) is 0 Å². The van der Waals surface area contributed by atoms with E-state index in [4.69, 9.17) is 15.9 Å². The van der Waals surface area contributed by atoms with Crippen molar-refractivity contribution in [2.75, 3.05) is 6.54 Å². The van der Waals surface area contributed by atoms with Gasteiger partial charge in [0.25, 0.3) is 0 Å². The fourth-order valence-electron chi connectivity index (χ4n) is 0.884. The average Bonchev–Trinajstić information content (AvgIpc) is 2.08. The third-order valence-electron chi connectivity index (χ3n) is 1.61. The summed E-state index contributed by atoms with van der Waals surface area (Å²) in [6, 6.07) is 4.56. The Labute approximate surface area is 88.4 Å². The van der Waals surface area contributed by atoms with E-state index in [-0.39, 0.29) is 29.2 Å². The molecule has 1 rings (SSSR count). The van der Waals surface area contributed by atoms with Crippen molar-refractivity contribution in [3.63, 3.8) is 0 Å². The second-order valence-electron chi connectivity index (χ2n) is 2.50. The topological polar surface area (TPSA) is 66.5 Å². The zero-order valence-corrected chi connectivity index (χ0v) is 8.55. The van der Waals surface area contributed by atoms with Crippen molar-refractivity contribution in [1.82, 2.24) is 0 Å². The maximum atomic E-state index is 9.12. The first-order chi connectivity index (χ1) is 5.65. The second-order valence-corrected chi connectivity index (χ2v) is 3.12. The van der Waals surface area contributed by atoms with Gasteiger partial charge in [0.05, 0.1) is 0 Å². The van der Waals surface area contributed by atoms with E-state index in [9.17, 15) is 0 Å². The first-order valence-corrected chi connectivity index (χ1v) is 4.07. The van der Waals surface area contributed by atoms with Gasteiger partial charge in [-0.1, -0.05) is 6.07 Å². The molecule has 0 aliphatic carbocycles. The van der Waals surface area contributed by atoms with E-state index < -0.39 is 0 Å². The van der Waals surface area contributed by atoms with Crippen molar-refractivity contribution < 1.29 is 10.2 Å². The Morgan fingerprint density at radius 3 is 2.38 bits per heavy atom. The maximum Gasteiger partial charge on any atom is 0.157 e. The van der Waals surface area contributed by atoms with Crippen LogP contribution < -0.4 is 5.73 Å². The minimum atomic E-state index is -0.139. The molecule has 0 saturated carbocycles. The number of halogens is 1. The van der Waals surface area contributed by atoms with Crippen LogP contribution in [0.4, 0.5) is 0 Å². The molecular weight excluding hydrogens is 210 g/mol. The zero-order chi connectivity index (χ0) is 9.14. The highest BCUT2D eigenvalue weighted by atomic mass is 35.5. The fraction of sp³-hybridized carbons (Fsp3) is 0.250. The lowest BCUT2D eigenvalue weighted by Gasteiger charge is -2.08. The van der Waals surface area contributed by atoms with Crippen LogP contribution >= 0.6 is 25.0 Å². The van der Waals surface area contributed by atoms with Crippen molar-refractivity contribution in [1.29, 1.82) is 0 Å². The molecule has 0 radical (unpaired) electrons. The van der Waals surface area contributed by atoms with Gasteiger partial charge in [0.2, 0.25) is 0 Å². The third kappa shape index (κ3) is 2.99. The lowest BCUT2D eigenvalue weighted by Crippen LogP contribution is -2.06. The van der Waals surface area contributed by atoms with Crippen LogP contribution in [-0.2, 0) is 0 Å². The molecule has 0 amide bonds. The number of phenolic OH excluding ortho intramolecular Hbond substituents is 2. The zero-order valence-electron chi connectivity index (χ0n) is 6.84. The van der Waals surface area contributed by atoms with Gasteiger partial charge < -0.3 is 15.9 Å². The molecule has 0 saturated heterocycles. The lowest BCUT2D eigenvalue weighted by atomic mass is 10.1. The molecule has 3 nitrogen and oxygen atoms in total. The molecule has 1 aromatic carbocycles. The highest BCUT2D eigenvalue weighted by Crippen LogP contribution is 2.29. The Kier molecular flexibility index (Phi) is 4.98. The molecule has 0 heterocycles. The maximum absolute atomic E-state index is 9.12. The van der Waals surface area contributed by atoms with Crippen LogP contribution in [0.1, 0.15) is 10.8 Å². The number of nitrogens with two attached hydrogens (primary N) is 1. The van der Waals surface area contributed by atoms with Gasteiger partial charge in [0.15, 0.2) is 11.5 Å². The second kappa shape index (κ2) is 5.21. The van der Waals surface area contributed by atoms with Crippen LogP contribution in [0.5, 0.6) is 11.5 Å². The fourth-order valence-corrected chi connectivity index (χ4v) is 1.04. The Bertz CT molecular complexity index is 283. The number of hydrogen-bond donors (Lipinski definition) is 4. The first kappa shape index (κ1) is 12.4. The molecule has 74 valence electrons. The summed E-state index contributed by atoms with van der Waals surface area (Å²) in [6.07, 6.45) is 0. The Hall–Kier alpha value is -0.580. The minimum Gasteiger partial charge on any atom is -0.504 e. The molecule has 0 fully saturated rings. The SMILES string of the molecule is Cl.NCC(S)c1ccc(O)c(O)c1. The van der Waals surface area contributed by atoms with Gasteiger partial charge >= 0.3 is 0 Å². The van der Waals surface area contributed by atoms with E-state index in [0.29, 0.717) is 6.54 Å². The number of rotatable bonds is 2. The summed E-state index contributed by atoms with van der Waals surface area (Å²) >= 11 is 4.18. The average molecular weight is 222 g/mol. The van der Waals surface area contributed by atoms with E-state index >= 15 is 0 Å². The molecule has 0 aromatic heterocycles. The number of benzene rings is 1. The predicted octanol–water partition coefficient (Wildman–Crippen LogP) is 1.45. The number of thiol groups is 1. The van der Waals surface area contributed by atoms with Crippen molar-refractivity contribution in [2.45, 2.75) is 5.25 Å². The normalized spacial score (nSPS) is 11.8. The van der Waals surface area contributed by atoms with Gasteiger partial charge in [0, 0.05) is 11.8 Å². The van der Waals surface area contributed by atoms with Crippen LogP contribution in [0.3, 0.4) is 0 Å². The van der Waals surface area contributed by atoms with E-state index in [2.05, 4.69) is 12.6 Å². The molecule has 0 spiro atoms. The molecule has 0 bridgehead atoms. The van der Waals surface area contributed by atoms with Crippen molar-refractivity contribution in [3.05, 3.63) is 23.8 Å². The van der Waals surface area contributed by atoms with Crippen LogP contribution in [0, 0.1) is 0 Å². The molecule has 13 heavy (non-hydrogen) atoms. The van der Waals surface area contributed by atoms with E-state index in [1.54, 1.807) is 6.07 Å². The molecular formula is C8H12ClNO2S. The number of aromatic hydroxyl groups is 2. The lowest BCUT2D eigenvalue weighted by molar-refractivity contribution is 0.403. The monoisotopic (exact) mass is 221 g/mol. The van der Waals surface area contributed by atoms with Crippen LogP contribution in [0.25, 0.3) is 0 Å². The summed E-state index contributed by atoms with van der Waals surface area (Å²) in [7, 11) is 0. The van der Waals surface area contributed by atoms with E-state index in [0.717, 1.165) is 5.56 Å². The Balaban J connectivity index is 0.00000144. The highest BCUT2D eigenvalue weighted by Gasteiger charge is 2.06. The molecule has 1 unspecified atom stereocenters. The Morgan fingerprint density at radius 1 is 1.31 bits per heavy atom. The van der Waals surface area contributed by atoms with E-state index in [1.807, 2.05) is 0 Å². The summed E-state index contributed by atoms with van der Waals surface area (Å²) in [5.74, 6) is -0.267. The standard InChI is InChI=1S/C8H11NO2S.ClH/c9-4-8(12)5-1-2-6(10)7(11)3-5;/h1-3,8,10-12H,4,9H2;1H. The molecule has 5 heteroatoms. The molecule has 4 N–H and O–H groups in total. The first-order valence-electron chi connectivity index (χ1n) is 3.55.